The first-order valence-electron chi connectivity index (χ1n) is 10.7. The highest BCUT2D eigenvalue weighted by Crippen LogP contribution is 2.22. The van der Waals surface area contributed by atoms with E-state index >= 15 is 0 Å². The molecule has 0 saturated heterocycles. The maximum atomic E-state index is 11.9. The maximum Gasteiger partial charge on any atom is 0.308 e. The van der Waals surface area contributed by atoms with Gasteiger partial charge in [-0.1, -0.05) is 25.7 Å². The molecule has 2 atom stereocenters. The summed E-state index contributed by atoms with van der Waals surface area (Å²) in [5.74, 6) is -1.44. The minimum atomic E-state index is -0.273. The standard InChI is InChI=1S/C22H38O8/c1-27-19(23)15-9-13-17(21(25)29-3)11-7-5-6-8-12-18(22(26)30-4)14-10-16-20(24)28-2/h17-18H,5-16H2,1-4H3. The molecule has 0 saturated carbocycles. The van der Waals surface area contributed by atoms with E-state index in [0.717, 1.165) is 25.7 Å². The number of hydrogen-bond donors (Lipinski definition) is 0. The Morgan fingerprint density at radius 2 is 0.833 bits per heavy atom. The van der Waals surface area contributed by atoms with Crippen molar-refractivity contribution in [3.8, 4) is 0 Å². The van der Waals surface area contributed by atoms with Gasteiger partial charge in [-0.25, -0.2) is 0 Å². The highest BCUT2D eigenvalue weighted by molar-refractivity contribution is 5.73. The summed E-state index contributed by atoms with van der Waals surface area (Å²) in [4.78, 5) is 46.3. The minimum absolute atomic E-state index is 0.208. The quantitative estimate of drug-likeness (QED) is 0.196. The van der Waals surface area contributed by atoms with E-state index in [2.05, 4.69) is 9.47 Å². The van der Waals surface area contributed by atoms with E-state index < -0.39 is 0 Å². The first-order valence-corrected chi connectivity index (χ1v) is 10.7. The average Bonchev–Trinajstić information content (AvgIpc) is 2.77. The highest BCUT2D eigenvalue weighted by Gasteiger charge is 2.20. The van der Waals surface area contributed by atoms with E-state index in [0.29, 0.717) is 51.4 Å². The molecule has 8 nitrogen and oxygen atoms in total. The smallest absolute Gasteiger partial charge is 0.308 e. The molecule has 0 bridgehead atoms. The van der Waals surface area contributed by atoms with Crippen LogP contribution >= 0.6 is 0 Å². The SMILES string of the molecule is COC(=O)CCCC(CCCCCCC(CCCC(=O)OC)C(=O)OC)C(=O)OC. The van der Waals surface area contributed by atoms with Gasteiger partial charge in [0.05, 0.1) is 40.3 Å². The molecule has 0 aliphatic heterocycles. The van der Waals surface area contributed by atoms with Crippen LogP contribution in [0.1, 0.15) is 77.0 Å². The normalized spacial score (nSPS) is 12.5. The van der Waals surface area contributed by atoms with E-state index in [1.165, 1.54) is 28.4 Å². The van der Waals surface area contributed by atoms with Gasteiger partial charge in [0, 0.05) is 12.8 Å². The summed E-state index contributed by atoms with van der Waals surface area (Å²) < 4.78 is 19.0. The summed E-state index contributed by atoms with van der Waals surface area (Å²) in [5.41, 5.74) is 0. The van der Waals surface area contributed by atoms with E-state index in [1.807, 2.05) is 0 Å². The molecule has 30 heavy (non-hydrogen) atoms. The summed E-state index contributed by atoms with van der Waals surface area (Å²) in [7, 11) is 5.46. The van der Waals surface area contributed by atoms with Gasteiger partial charge in [0.1, 0.15) is 0 Å². The Kier molecular flexibility index (Phi) is 16.5. The Morgan fingerprint density at radius 1 is 0.500 bits per heavy atom. The van der Waals surface area contributed by atoms with Crippen molar-refractivity contribution < 1.29 is 38.1 Å². The third-order valence-electron chi connectivity index (χ3n) is 5.25. The Bertz CT molecular complexity index is 471. The van der Waals surface area contributed by atoms with Crippen LogP contribution in [0.2, 0.25) is 0 Å². The highest BCUT2D eigenvalue weighted by atomic mass is 16.5. The molecule has 0 N–H and O–H groups in total. The molecule has 0 aromatic heterocycles. The van der Waals surface area contributed by atoms with Gasteiger partial charge in [-0.2, -0.15) is 0 Å². The van der Waals surface area contributed by atoms with Gasteiger partial charge in [0.2, 0.25) is 0 Å². The lowest BCUT2D eigenvalue weighted by molar-refractivity contribution is -0.147. The first-order chi connectivity index (χ1) is 14.4. The molecule has 0 aliphatic carbocycles. The Labute approximate surface area is 180 Å². The fraction of sp³-hybridized carbons (Fsp3) is 0.818. The Morgan fingerprint density at radius 3 is 1.13 bits per heavy atom. The number of hydrogen-bond acceptors (Lipinski definition) is 8. The summed E-state index contributed by atoms with van der Waals surface area (Å²) in [6, 6.07) is 0. The van der Waals surface area contributed by atoms with Gasteiger partial charge < -0.3 is 18.9 Å². The Balaban J connectivity index is 4.18. The average molecular weight is 431 g/mol. The van der Waals surface area contributed by atoms with Gasteiger partial charge in [0.15, 0.2) is 0 Å². The van der Waals surface area contributed by atoms with Gasteiger partial charge in [-0.15, -0.1) is 0 Å². The number of carbonyl (C=O) groups excluding carboxylic acids is 4. The summed E-state index contributed by atoms with van der Waals surface area (Å²) in [6.45, 7) is 0. The zero-order chi connectivity index (χ0) is 22.8. The summed E-state index contributed by atoms with van der Waals surface area (Å²) in [6.07, 6.45) is 8.08. The lowest BCUT2D eigenvalue weighted by Crippen LogP contribution is -2.17. The molecule has 8 heteroatoms. The lowest BCUT2D eigenvalue weighted by atomic mass is 9.93. The van der Waals surface area contributed by atoms with Crippen LogP contribution in [0.15, 0.2) is 0 Å². The van der Waals surface area contributed by atoms with Gasteiger partial charge >= 0.3 is 23.9 Å². The molecule has 0 aromatic rings. The number of rotatable bonds is 17. The van der Waals surface area contributed by atoms with Crippen LogP contribution in [-0.2, 0) is 38.1 Å². The molecule has 0 fully saturated rings. The van der Waals surface area contributed by atoms with Crippen molar-refractivity contribution in [2.24, 2.45) is 11.8 Å². The number of unbranched alkanes of at least 4 members (excludes halogenated alkanes) is 3. The van der Waals surface area contributed by atoms with Gasteiger partial charge in [-0.05, 0) is 38.5 Å². The van der Waals surface area contributed by atoms with Crippen LogP contribution in [-0.4, -0.2) is 52.3 Å². The molecule has 2 unspecified atom stereocenters. The molecular formula is C22H38O8. The summed E-state index contributed by atoms with van der Waals surface area (Å²) in [5, 5.41) is 0. The van der Waals surface area contributed by atoms with Crippen molar-refractivity contribution in [3.63, 3.8) is 0 Å². The van der Waals surface area contributed by atoms with Crippen LogP contribution in [0, 0.1) is 11.8 Å². The van der Waals surface area contributed by atoms with E-state index in [1.54, 1.807) is 0 Å². The molecule has 0 amide bonds. The zero-order valence-electron chi connectivity index (χ0n) is 18.9. The molecule has 0 rings (SSSR count). The van der Waals surface area contributed by atoms with Gasteiger partial charge in [-0.3, -0.25) is 19.2 Å². The van der Waals surface area contributed by atoms with E-state index in [4.69, 9.17) is 9.47 Å². The molecule has 0 spiro atoms. The number of ether oxygens (including phenoxy) is 4. The van der Waals surface area contributed by atoms with Crippen molar-refractivity contribution in [2.45, 2.75) is 77.0 Å². The summed E-state index contributed by atoms with van der Waals surface area (Å²) >= 11 is 0. The molecule has 0 heterocycles. The third kappa shape index (κ3) is 13.2. The first kappa shape index (κ1) is 27.9. The molecule has 0 aromatic carbocycles. The predicted molar refractivity (Wildman–Crippen MR) is 110 cm³/mol. The van der Waals surface area contributed by atoms with Crippen molar-refractivity contribution in [3.05, 3.63) is 0 Å². The fourth-order valence-corrected chi connectivity index (χ4v) is 3.42. The fourth-order valence-electron chi connectivity index (χ4n) is 3.42. The van der Waals surface area contributed by atoms with Gasteiger partial charge in [0.25, 0.3) is 0 Å². The van der Waals surface area contributed by atoms with Crippen molar-refractivity contribution in [1.29, 1.82) is 0 Å². The number of carbonyl (C=O) groups is 4. The maximum absolute atomic E-state index is 11.9. The second-order valence-corrected chi connectivity index (χ2v) is 7.37. The van der Waals surface area contributed by atoms with Crippen molar-refractivity contribution in [2.75, 3.05) is 28.4 Å². The largest absolute Gasteiger partial charge is 0.469 e. The van der Waals surface area contributed by atoms with E-state index in [9.17, 15) is 19.2 Å². The number of methoxy groups -OCH3 is 4. The molecule has 0 radical (unpaired) electrons. The second-order valence-electron chi connectivity index (χ2n) is 7.37. The van der Waals surface area contributed by atoms with E-state index in [-0.39, 0.29) is 35.7 Å². The topological polar surface area (TPSA) is 105 Å². The molecule has 174 valence electrons. The van der Waals surface area contributed by atoms with Crippen LogP contribution in [0.5, 0.6) is 0 Å². The lowest BCUT2D eigenvalue weighted by Gasteiger charge is -2.15. The molecular weight excluding hydrogens is 392 g/mol. The Hall–Kier alpha value is -2.12. The second kappa shape index (κ2) is 17.7. The zero-order valence-corrected chi connectivity index (χ0v) is 18.9. The number of esters is 4. The third-order valence-corrected chi connectivity index (χ3v) is 5.25. The monoisotopic (exact) mass is 430 g/mol. The minimum Gasteiger partial charge on any atom is -0.469 e. The van der Waals surface area contributed by atoms with Crippen molar-refractivity contribution in [1.82, 2.24) is 0 Å². The van der Waals surface area contributed by atoms with Crippen LogP contribution in [0.3, 0.4) is 0 Å². The predicted octanol–water partition coefficient (Wildman–Crippen LogP) is 3.59. The van der Waals surface area contributed by atoms with Crippen LogP contribution < -0.4 is 0 Å². The molecule has 0 aliphatic rings. The van der Waals surface area contributed by atoms with Crippen LogP contribution in [0.4, 0.5) is 0 Å². The van der Waals surface area contributed by atoms with Crippen LogP contribution in [0.25, 0.3) is 0 Å². The van der Waals surface area contributed by atoms with Crippen molar-refractivity contribution >= 4 is 23.9 Å².